The Morgan fingerprint density at radius 2 is 1.79 bits per heavy atom. The van der Waals surface area contributed by atoms with Crippen LogP contribution in [0.5, 0.6) is 0 Å². The normalized spacial score (nSPS) is 12.6. The fourth-order valence-electron chi connectivity index (χ4n) is 2.34. The van der Waals surface area contributed by atoms with Gasteiger partial charge in [-0.2, -0.15) is 0 Å². The summed E-state index contributed by atoms with van der Waals surface area (Å²) in [6, 6.07) is 7.84. The first-order valence-electron chi connectivity index (χ1n) is 7.99. The summed E-state index contributed by atoms with van der Waals surface area (Å²) in [6.45, 7) is 1.96. The average Bonchev–Trinajstić information content (AvgIpc) is 2.52. The van der Waals surface area contributed by atoms with Crippen LogP contribution in [0.4, 0.5) is 0 Å². The molecular formula is C17H25NO5S. The van der Waals surface area contributed by atoms with Crippen molar-refractivity contribution in [3.8, 4) is 0 Å². The molecule has 0 aliphatic heterocycles. The fourth-order valence-corrected chi connectivity index (χ4v) is 3.70. The minimum absolute atomic E-state index is 0.0448. The van der Waals surface area contributed by atoms with Gasteiger partial charge in [-0.05, 0) is 12.0 Å². The summed E-state index contributed by atoms with van der Waals surface area (Å²) in [7, 11) is -2.18. The van der Waals surface area contributed by atoms with Gasteiger partial charge < -0.3 is 10.0 Å². The molecule has 0 fully saturated rings. The minimum atomic E-state index is -3.51. The van der Waals surface area contributed by atoms with Crippen LogP contribution in [0, 0.1) is 0 Å². The number of benzene rings is 1. The lowest BCUT2D eigenvalue weighted by Gasteiger charge is -2.25. The van der Waals surface area contributed by atoms with Crippen molar-refractivity contribution in [2.45, 2.75) is 38.6 Å². The zero-order valence-electron chi connectivity index (χ0n) is 14.1. The molecule has 0 aliphatic carbocycles. The molecule has 0 aromatic heterocycles. The summed E-state index contributed by atoms with van der Waals surface area (Å²) in [6.07, 6.45) is 2.33. The predicted molar refractivity (Wildman–Crippen MR) is 92.5 cm³/mol. The molecule has 1 aromatic rings. The SMILES string of the molecule is CCCCCS(=O)(=O)CC(=O)N(C)C(Cc1ccccc1)C(=O)O. The number of hydrogen-bond donors (Lipinski definition) is 1. The molecule has 1 aromatic carbocycles. The number of sulfone groups is 1. The number of carbonyl (C=O) groups excluding carboxylic acids is 1. The number of aliphatic carboxylic acids is 1. The van der Waals surface area contributed by atoms with Crippen LogP contribution < -0.4 is 0 Å². The molecular weight excluding hydrogens is 330 g/mol. The van der Waals surface area contributed by atoms with Crippen LogP contribution in [-0.4, -0.2) is 54.9 Å². The van der Waals surface area contributed by atoms with E-state index in [4.69, 9.17) is 0 Å². The second kappa shape index (κ2) is 9.42. The van der Waals surface area contributed by atoms with E-state index in [-0.39, 0.29) is 12.2 Å². The van der Waals surface area contributed by atoms with E-state index >= 15 is 0 Å². The summed E-state index contributed by atoms with van der Waals surface area (Å²) in [5, 5.41) is 9.38. The Kier molecular flexibility index (Phi) is 7.91. The Bertz CT molecular complexity index is 642. The molecule has 1 amide bonds. The Labute approximate surface area is 143 Å². The number of carboxylic acids is 1. The molecule has 0 saturated heterocycles. The number of carbonyl (C=O) groups is 2. The van der Waals surface area contributed by atoms with Gasteiger partial charge in [0.25, 0.3) is 0 Å². The molecule has 0 saturated carbocycles. The molecule has 1 rings (SSSR count). The van der Waals surface area contributed by atoms with E-state index in [0.29, 0.717) is 6.42 Å². The van der Waals surface area contributed by atoms with Crippen LogP contribution in [0.25, 0.3) is 0 Å². The lowest BCUT2D eigenvalue weighted by molar-refractivity contribution is -0.148. The molecule has 0 aliphatic rings. The first-order valence-corrected chi connectivity index (χ1v) is 9.81. The molecule has 7 heteroatoms. The van der Waals surface area contributed by atoms with Gasteiger partial charge in [0.15, 0.2) is 9.84 Å². The van der Waals surface area contributed by atoms with Crippen molar-refractivity contribution < 1.29 is 23.1 Å². The highest BCUT2D eigenvalue weighted by atomic mass is 32.2. The standard InChI is InChI=1S/C17H25NO5S/c1-3-4-8-11-24(22,23)13-16(19)18(2)15(17(20)21)12-14-9-6-5-7-10-14/h5-7,9-10,15H,3-4,8,11-13H2,1-2H3,(H,20,21). The molecule has 6 nitrogen and oxygen atoms in total. The highest BCUT2D eigenvalue weighted by molar-refractivity contribution is 7.92. The quantitative estimate of drug-likeness (QED) is 0.646. The number of likely N-dealkylation sites (N-methyl/N-ethyl adjacent to an activating group) is 1. The third kappa shape index (κ3) is 6.70. The summed E-state index contributed by atoms with van der Waals surface area (Å²) in [4.78, 5) is 24.7. The smallest absolute Gasteiger partial charge is 0.326 e. The van der Waals surface area contributed by atoms with Crippen molar-refractivity contribution in [3.63, 3.8) is 0 Å². The second-order valence-electron chi connectivity index (χ2n) is 5.85. The Balaban J connectivity index is 2.74. The molecule has 1 N–H and O–H groups in total. The molecule has 1 atom stereocenters. The van der Waals surface area contributed by atoms with Crippen LogP contribution in [-0.2, 0) is 25.8 Å². The van der Waals surface area contributed by atoms with Gasteiger partial charge in [-0.3, -0.25) is 4.79 Å². The molecule has 0 spiro atoms. The monoisotopic (exact) mass is 355 g/mol. The van der Waals surface area contributed by atoms with Crippen molar-refractivity contribution in [3.05, 3.63) is 35.9 Å². The van der Waals surface area contributed by atoms with E-state index in [1.54, 1.807) is 24.3 Å². The predicted octanol–water partition coefficient (Wildman–Crippen LogP) is 1.75. The van der Waals surface area contributed by atoms with E-state index in [2.05, 4.69) is 0 Å². The van der Waals surface area contributed by atoms with Crippen molar-refractivity contribution >= 4 is 21.7 Å². The zero-order chi connectivity index (χ0) is 18.2. The van der Waals surface area contributed by atoms with Crippen LogP contribution >= 0.6 is 0 Å². The summed E-state index contributed by atoms with van der Waals surface area (Å²) in [5.74, 6) is -2.53. The van der Waals surface area contributed by atoms with Gasteiger partial charge in [0.05, 0.1) is 5.75 Å². The van der Waals surface area contributed by atoms with Crippen molar-refractivity contribution in [2.24, 2.45) is 0 Å². The number of nitrogens with zero attached hydrogens (tertiary/aromatic N) is 1. The van der Waals surface area contributed by atoms with Gasteiger partial charge in [-0.25, -0.2) is 13.2 Å². The Morgan fingerprint density at radius 1 is 1.17 bits per heavy atom. The van der Waals surface area contributed by atoms with Gasteiger partial charge in [-0.15, -0.1) is 0 Å². The van der Waals surface area contributed by atoms with Gasteiger partial charge in [0.1, 0.15) is 11.8 Å². The van der Waals surface area contributed by atoms with Crippen LogP contribution in [0.1, 0.15) is 31.7 Å². The van der Waals surface area contributed by atoms with E-state index in [1.165, 1.54) is 7.05 Å². The van der Waals surface area contributed by atoms with Crippen LogP contribution in [0.15, 0.2) is 30.3 Å². The largest absolute Gasteiger partial charge is 0.480 e. The second-order valence-corrected chi connectivity index (χ2v) is 8.03. The number of unbranched alkanes of at least 4 members (excludes halogenated alkanes) is 2. The third-order valence-electron chi connectivity index (χ3n) is 3.82. The molecule has 0 radical (unpaired) electrons. The maximum atomic E-state index is 12.2. The van der Waals surface area contributed by atoms with Crippen LogP contribution in [0.2, 0.25) is 0 Å². The number of rotatable bonds is 10. The highest BCUT2D eigenvalue weighted by Gasteiger charge is 2.29. The van der Waals surface area contributed by atoms with Crippen molar-refractivity contribution in [2.75, 3.05) is 18.6 Å². The summed E-state index contributed by atoms with van der Waals surface area (Å²) in [5.41, 5.74) is 0.773. The van der Waals surface area contributed by atoms with E-state index < -0.39 is 33.5 Å². The van der Waals surface area contributed by atoms with Crippen LogP contribution in [0.3, 0.4) is 0 Å². The lowest BCUT2D eigenvalue weighted by atomic mass is 10.1. The number of hydrogen-bond acceptors (Lipinski definition) is 4. The molecule has 0 heterocycles. The number of carboxylic acid groups (broad SMARTS) is 1. The molecule has 24 heavy (non-hydrogen) atoms. The molecule has 0 bridgehead atoms. The minimum Gasteiger partial charge on any atom is -0.480 e. The maximum absolute atomic E-state index is 12.2. The van der Waals surface area contributed by atoms with Crippen molar-refractivity contribution in [1.29, 1.82) is 0 Å². The van der Waals surface area contributed by atoms with E-state index in [1.807, 2.05) is 13.0 Å². The van der Waals surface area contributed by atoms with Gasteiger partial charge >= 0.3 is 5.97 Å². The van der Waals surface area contributed by atoms with E-state index in [0.717, 1.165) is 23.3 Å². The molecule has 134 valence electrons. The maximum Gasteiger partial charge on any atom is 0.326 e. The first-order chi connectivity index (χ1) is 11.3. The Morgan fingerprint density at radius 3 is 2.33 bits per heavy atom. The fraction of sp³-hybridized carbons (Fsp3) is 0.529. The zero-order valence-corrected chi connectivity index (χ0v) is 15.0. The Hall–Kier alpha value is -1.89. The van der Waals surface area contributed by atoms with Gasteiger partial charge in [-0.1, -0.05) is 50.1 Å². The number of amides is 1. The third-order valence-corrected chi connectivity index (χ3v) is 5.42. The topological polar surface area (TPSA) is 91.8 Å². The van der Waals surface area contributed by atoms with E-state index in [9.17, 15) is 23.1 Å². The first kappa shape index (κ1) is 20.2. The summed E-state index contributed by atoms with van der Waals surface area (Å²) < 4.78 is 24.0. The lowest BCUT2D eigenvalue weighted by Crippen LogP contribution is -2.46. The van der Waals surface area contributed by atoms with Crippen molar-refractivity contribution in [1.82, 2.24) is 4.90 Å². The average molecular weight is 355 g/mol. The van der Waals surface area contributed by atoms with Gasteiger partial charge in [0.2, 0.25) is 5.91 Å². The summed E-state index contributed by atoms with van der Waals surface area (Å²) >= 11 is 0. The highest BCUT2D eigenvalue weighted by Crippen LogP contribution is 2.10. The van der Waals surface area contributed by atoms with Gasteiger partial charge in [0, 0.05) is 13.5 Å². The molecule has 1 unspecified atom stereocenters.